The number of nitrogens with one attached hydrogen (secondary N) is 1. The summed E-state index contributed by atoms with van der Waals surface area (Å²) in [6, 6.07) is 14.4. The van der Waals surface area contributed by atoms with E-state index in [4.69, 9.17) is 9.72 Å². The van der Waals surface area contributed by atoms with Crippen molar-refractivity contribution < 1.29 is 14.6 Å². The minimum Gasteiger partial charge on any atom is -0.469 e. The van der Waals surface area contributed by atoms with Crippen LogP contribution in [0.1, 0.15) is 51.6 Å². The smallest absolute Gasteiger partial charge is 0.305 e. The molecule has 3 aromatic heterocycles. The van der Waals surface area contributed by atoms with E-state index in [-0.39, 0.29) is 18.1 Å². The van der Waals surface area contributed by atoms with E-state index in [9.17, 15) is 14.7 Å². The Balaban J connectivity index is 0.934. The van der Waals surface area contributed by atoms with Gasteiger partial charge in [0.15, 0.2) is 11.5 Å². The van der Waals surface area contributed by atoms with Crippen molar-refractivity contribution in [3.05, 3.63) is 77.4 Å². The van der Waals surface area contributed by atoms with Gasteiger partial charge in [0.2, 0.25) is 5.95 Å². The van der Waals surface area contributed by atoms with Crippen LogP contribution >= 0.6 is 0 Å². The zero-order valence-corrected chi connectivity index (χ0v) is 30.6. The Kier molecular flexibility index (Phi) is 10.4. The number of esters is 1. The highest BCUT2D eigenvalue weighted by atomic mass is 16.5. The number of benzene rings is 1. The Morgan fingerprint density at radius 3 is 2.42 bits per heavy atom. The van der Waals surface area contributed by atoms with E-state index >= 15 is 0 Å². The van der Waals surface area contributed by atoms with Gasteiger partial charge in [-0.3, -0.25) is 19.4 Å². The van der Waals surface area contributed by atoms with E-state index in [0.29, 0.717) is 46.9 Å². The van der Waals surface area contributed by atoms with Crippen LogP contribution in [-0.4, -0.2) is 104 Å². The number of anilines is 3. The molecular formula is C39H51N9O4. The maximum atomic E-state index is 13.4. The molecule has 0 unspecified atom stereocenters. The van der Waals surface area contributed by atoms with Crippen molar-refractivity contribution in [2.45, 2.75) is 64.1 Å². The average Bonchev–Trinajstić information content (AvgIpc) is 3.40. The van der Waals surface area contributed by atoms with Gasteiger partial charge < -0.3 is 20.1 Å². The zero-order chi connectivity index (χ0) is 36.4. The van der Waals surface area contributed by atoms with Crippen LogP contribution in [0.5, 0.6) is 0 Å². The second-order valence-electron chi connectivity index (χ2n) is 15.1. The molecule has 0 atom stereocenters. The quantitative estimate of drug-likeness (QED) is 0.161. The van der Waals surface area contributed by atoms with E-state index in [1.54, 1.807) is 49.0 Å². The molecule has 0 radical (unpaired) electrons. The molecule has 0 amide bonds. The predicted molar refractivity (Wildman–Crippen MR) is 202 cm³/mol. The first kappa shape index (κ1) is 35.8. The van der Waals surface area contributed by atoms with Gasteiger partial charge in [0.25, 0.3) is 5.56 Å². The van der Waals surface area contributed by atoms with Crippen molar-refractivity contribution in [1.29, 1.82) is 0 Å². The maximum absolute atomic E-state index is 13.4. The van der Waals surface area contributed by atoms with Crippen LogP contribution in [0.15, 0.2) is 66.1 Å². The van der Waals surface area contributed by atoms with Crippen LogP contribution in [-0.2, 0) is 21.7 Å². The highest BCUT2D eigenvalue weighted by Crippen LogP contribution is 2.33. The summed E-state index contributed by atoms with van der Waals surface area (Å²) in [6.07, 6.45) is 8.86. The van der Waals surface area contributed by atoms with E-state index in [1.807, 2.05) is 12.1 Å². The third kappa shape index (κ3) is 7.76. The van der Waals surface area contributed by atoms with Gasteiger partial charge in [-0.1, -0.05) is 12.1 Å². The number of allylic oxidation sites excluding steroid dienone is 1. The average molecular weight is 710 g/mol. The normalized spacial score (nSPS) is 20.5. The molecule has 52 heavy (non-hydrogen) atoms. The Labute approximate surface area is 304 Å². The minimum atomic E-state index is -1.15. The fourth-order valence-corrected chi connectivity index (χ4v) is 7.98. The van der Waals surface area contributed by atoms with Gasteiger partial charge in [-0.2, -0.15) is 4.98 Å². The van der Waals surface area contributed by atoms with Crippen LogP contribution in [0.4, 0.5) is 17.3 Å². The first-order chi connectivity index (χ1) is 25.1. The molecule has 2 aliphatic heterocycles. The van der Waals surface area contributed by atoms with Crippen LogP contribution in [0.25, 0.3) is 16.9 Å². The number of pyridine rings is 1. The molecule has 13 heteroatoms. The molecule has 7 rings (SSSR count). The molecule has 1 aromatic carbocycles. The molecule has 1 saturated carbocycles. The number of piperazine rings is 1. The van der Waals surface area contributed by atoms with Gasteiger partial charge in [0.05, 0.1) is 25.8 Å². The fourth-order valence-electron chi connectivity index (χ4n) is 7.98. The number of ether oxygens (including phenoxy) is 1. The highest BCUT2D eigenvalue weighted by molar-refractivity contribution is 5.77. The lowest BCUT2D eigenvalue weighted by molar-refractivity contribution is -0.143. The van der Waals surface area contributed by atoms with Crippen molar-refractivity contribution >= 4 is 34.3 Å². The molecule has 2 N–H and O–H groups in total. The number of hydrogen-bond donors (Lipinski definition) is 2. The fraction of sp³-hybridized carbons (Fsp3) is 0.513. The van der Waals surface area contributed by atoms with Crippen molar-refractivity contribution in [2.75, 3.05) is 63.1 Å². The van der Waals surface area contributed by atoms with Gasteiger partial charge in [-0.05, 0) is 87.8 Å². The molecule has 3 aliphatic rings. The van der Waals surface area contributed by atoms with Crippen molar-refractivity contribution in [2.24, 2.45) is 11.8 Å². The minimum absolute atomic E-state index is 0.0841. The lowest BCUT2D eigenvalue weighted by atomic mass is 9.82. The van der Waals surface area contributed by atoms with E-state index in [2.05, 4.69) is 48.7 Å². The van der Waals surface area contributed by atoms with E-state index < -0.39 is 5.60 Å². The van der Waals surface area contributed by atoms with Gasteiger partial charge in [-0.15, -0.1) is 6.58 Å². The molecule has 0 spiro atoms. The lowest BCUT2D eigenvalue weighted by Crippen LogP contribution is -2.54. The molecule has 0 bridgehead atoms. The number of aliphatic hydroxyl groups is 1. The number of carbonyl (C=O) groups excluding carboxylic acids is 1. The summed E-state index contributed by atoms with van der Waals surface area (Å²) in [5, 5.41) is 14.3. The van der Waals surface area contributed by atoms with Crippen LogP contribution in [0, 0.1) is 11.8 Å². The summed E-state index contributed by atoms with van der Waals surface area (Å²) in [5.74, 6) is 1.98. The SMILES string of the molecule is C=CCn1c(=O)c2cnc(Nc3ccc(N4CCN(CC5CCC(N6CC(CC(=O)OC)C6)CC5)CC4)cc3)nc2n1-c1cccc(C(C)(C)O)n1. The number of fused-ring (bicyclic) bond motifs is 1. The highest BCUT2D eigenvalue weighted by Gasteiger charge is 2.36. The summed E-state index contributed by atoms with van der Waals surface area (Å²) in [4.78, 5) is 46.5. The maximum Gasteiger partial charge on any atom is 0.305 e. The van der Waals surface area contributed by atoms with Crippen molar-refractivity contribution in [3.63, 3.8) is 0 Å². The molecule has 1 aliphatic carbocycles. The van der Waals surface area contributed by atoms with E-state index in [0.717, 1.165) is 50.9 Å². The summed E-state index contributed by atoms with van der Waals surface area (Å²) in [5.41, 5.74) is 1.52. The summed E-state index contributed by atoms with van der Waals surface area (Å²) in [7, 11) is 1.47. The third-order valence-corrected chi connectivity index (χ3v) is 10.9. The van der Waals surface area contributed by atoms with Crippen LogP contribution in [0.3, 0.4) is 0 Å². The molecule has 4 aromatic rings. The number of aromatic nitrogens is 5. The Morgan fingerprint density at radius 2 is 1.75 bits per heavy atom. The first-order valence-electron chi connectivity index (χ1n) is 18.5. The third-order valence-electron chi connectivity index (χ3n) is 10.9. The van der Waals surface area contributed by atoms with Crippen LogP contribution in [0.2, 0.25) is 0 Å². The monoisotopic (exact) mass is 709 g/mol. The molecule has 276 valence electrons. The zero-order valence-electron chi connectivity index (χ0n) is 30.6. The second-order valence-corrected chi connectivity index (χ2v) is 15.1. The van der Waals surface area contributed by atoms with Gasteiger partial charge in [0.1, 0.15) is 11.0 Å². The predicted octanol–water partition coefficient (Wildman–Crippen LogP) is 4.31. The molecule has 5 heterocycles. The number of carbonyl (C=O) groups is 1. The number of likely N-dealkylation sites (tertiary alicyclic amines) is 1. The number of hydrogen-bond acceptors (Lipinski definition) is 11. The topological polar surface area (TPSA) is 134 Å². The number of rotatable bonds is 12. The number of methoxy groups -OCH3 is 1. The van der Waals surface area contributed by atoms with Gasteiger partial charge in [0, 0.05) is 69.4 Å². The molecule has 2 saturated heterocycles. The standard InChI is InChI=1S/C39H51N9O4/c1-5-17-47-37(50)32-23-40-38(43-36(32)48(47)34-8-6-7-33(42-34)39(2,3)51)41-29-11-15-30(16-12-29)45-20-18-44(19-21-45)24-27-9-13-31(14-10-27)46-25-28(26-46)22-35(49)52-4/h5-8,11-12,15-16,23,27-28,31,51H,1,9-10,13-14,17-22,24-26H2,2-4H3,(H,40,41,43). The molecule has 13 nitrogen and oxygen atoms in total. The number of nitrogens with zero attached hydrogens (tertiary/aromatic N) is 8. The van der Waals surface area contributed by atoms with Crippen molar-refractivity contribution in [1.82, 2.24) is 34.1 Å². The van der Waals surface area contributed by atoms with E-state index in [1.165, 1.54) is 49.7 Å². The lowest BCUT2D eigenvalue weighted by Gasteiger charge is -2.47. The van der Waals surface area contributed by atoms with Crippen molar-refractivity contribution in [3.8, 4) is 5.82 Å². The molecular weight excluding hydrogens is 658 g/mol. The summed E-state index contributed by atoms with van der Waals surface area (Å²) < 4.78 is 8.01. The molecule has 3 fully saturated rings. The summed E-state index contributed by atoms with van der Waals surface area (Å²) in [6.45, 7) is 14.8. The first-order valence-corrected chi connectivity index (χ1v) is 18.5. The Morgan fingerprint density at radius 1 is 1.02 bits per heavy atom. The van der Waals surface area contributed by atoms with Gasteiger partial charge in [-0.25, -0.2) is 19.3 Å². The Bertz CT molecular complexity index is 1930. The summed E-state index contributed by atoms with van der Waals surface area (Å²) >= 11 is 0. The Hall–Kier alpha value is -4.59. The van der Waals surface area contributed by atoms with Gasteiger partial charge >= 0.3 is 5.97 Å². The second kappa shape index (κ2) is 15.2. The van der Waals surface area contributed by atoms with Crippen LogP contribution < -0.4 is 15.8 Å². The largest absolute Gasteiger partial charge is 0.469 e.